The molecule has 2 rings (SSSR count). The second-order valence-electron chi connectivity index (χ2n) is 7.78. The molecular weight excluding hydrogens is 376 g/mol. The third-order valence-corrected chi connectivity index (χ3v) is 5.09. The quantitative estimate of drug-likeness (QED) is 0.480. The first-order valence-corrected chi connectivity index (χ1v) is 11.7. The van der Waals surface area contributed by atoms with Crippen molar-refractivity contribution in [2.75, 3.05) is 32.5 Å². The van der Waals surface area contributed by atoms with E-state index < -0.39 is 0 Å². The molecule has 2 nitrogen and oxygen atoms in total. The van der Waals surface area contributed by atoms with Crippen molar-refractivity contribution in [1.82, 2.24) is 4.90 Å². The Kier molecular flexibility index (Phi) is 15.2. The number of allylic oxidation sites excluding steroid dienone is 5. The van der Waals surface area contributed by atoms with Gasteiger partial charge in [-0.15, -0.1) is 6.58 Å². The fraction of sp³-hybridized carbons (Fsp3) is 0.448. The van der Waals surface area contributed by atoms with Crippen LogP contribution in [0.25, 0.3) is 12.2 Å². The topological polar surface area (TPSA) is 15.3 Å². The van der Waals surface area contributed by atoms with Crippen molar-refractivity contribution >= 4 is 17.8 Å². The van der Waals surface area contributed by atoms with Gasteiger partial charge in [0.05, 0.1) is 0 Å². The van der Waals surface area contributed by atoms with Gasteiger partial charge in [-0.1, -0.05) is 64.7 Å². The summed E-state index contributed by atoms with van der Waals surface area (Å²) < 4.78 is 0. The SMILES string of the molecule is C=C(/C=c1/cc(NC)c(C)c/c1=C/C)C1=CCC=C1.C=C[C@@H](C)CN(C)CCC.CC.[HH]. The normalized spacial score (nSPS) is 14.3. The number of nitrogens with one attached hydrogen (secondary N) is 1. The molecule has 1 aliphatic rings. The van der Waals surface area contributed by atoms with Crippen molar-refractivity contribution in [2.45, 2.75) is 54.4 Å². The molecule has 2 heteroatoms. The summed E-state index contributed by atoms with van der Waals surface area (Å²) >= 11 is 0. The molecule has 1 aromatic rings. The fourth-order valence-corrected chi connectivity index (χ4v) is 3.40. The average Bonchev–Trinajstić information content (AvgIpc) is 3.31. The lowest BCUT2D eigenvalue weighted by molar-refractivity contribution is 0.308. The number of nitrogens with zero attached hydrogens (tertiary/aromatic N) is 1. The molecule has 0 unspecified atom stereocenters. The van der Waals surface area contributed by atoms with E-state index in [1.165, 1.54) is 40.2 Å². The van der Waals surface area contributed by atoms with Crippen LogP contribution in [0.5, 0.6) is 0 Å². The van der Waals surface area contributed by atoms with Crippen LogP contribution >= 0.6 is 0 Å². The van der Waals surface area contributed by atoms with Crippen molar-refractivity contribution in [1.29, 1.82) is 0 Å². The second-order valence-corrected chi connectivity index (χ2v) is 7.78. The molecular formula is C29H48N2. The van der Waals surface area contributed by atoms with Gasteiger partial charge in [0.15, 0.2) is 0 Å². The highest BCUT2D eigenvalue weighted by Gasteiger charge is 2.02. The molecule has 0 radical (unpaired) electrons. The summed E-state index contributed by atoms with van der Waals surface area (Å²) in [4.78, 5) is 2.34. The molecule has 0 amide bonds. The van der Waals surface area contributed by atoms with Gasteiger partial charge in [-0.25, -0.2) is 0 Å². The summed E-state index contributed by atoms with van der Waals surface area (Å²) in [5, 5.41) is 5.70. The molecule has 0 bridgehead atoms. The Hall–Kier alpha value is -2.32. The first-order chi connectivity index (χ1) is 14.9. The average molecular weight is 425 g/mol. The molecule has 31 heavy (non-hydrogen) atoms. The Balaban J connectivity index is 0. The number of hydrogen-bond donors (Lipinski definition) is 1. The molecule has 1 N–H and O–H groups in total. The van der Waals surface area contributed by atoms with Crippen molar-refractivity contribution in [3.8, 4) is 0 Å². The fourth-order valence-electron chi connectivity index (χ4n) is 3.40. The first-order valence-electron chi connectivity index (χ1n) is 11.7. The van der Waals surface area contributed by atoms with Gasteiger partial charge >= 0.3 is 0 Å². The van der Waals surface area contributed by atoms with Crippen LogP contribution < -0.4 is 15.8 Å². The van der Waals surface area contributed by atoms with E-state index in [4.69, 9.17) is 0 Å². The Bertz CT molecular complexity index is 862. The highest BCUT2D eigenvalue weighted by molar-refractivity contribution is 5.63. The van der Waals surface area contributed by atoms with Crippen LogP contribution in [0.3, 0.4) is 0 Å². The summed E-state index contributed by atoms with van der Waals surface area (Å²) in [7, 11) is 4.11. The number of anilines is 1. The van der Waals surface area contributed by atoms with Crippen LogP contribution in [0.2, 0.25) is 0 Å². The van der Waals surface area contributed by atoms with E-state index in [2.05, 4.69) is 101 Å². The molecule has 0 spiro atoms. The monoisotopic (exact) mass is 424 g/mol. The maximum absolute atomic E-state index is 4.18. The third kappa shape index (κ3) is 10.5. The minimum atomic E-state index is 0. The van der Waals surface area contributed by atoms with Gasteiger partial charge in [0.2, 0.25) is 0 Å². The van der Waals surface area contributed by atoms with Crippen molar-refractivity contribution in [3.63, 3.8) is 0 Å². The van der Waals surface area contributed by atoms with Crippen LogP contribution in [0.4, 0.5) is 5.69 Å². The van der Waals surface area contributed by atoms with E-state index in [-0.39, 0.29) is 1.43 Å². The van der Waals surface area contributed by atoms with E-state index in [0.29, 0.717) is 5.92 Å². The van der Waals surface area contributed by atoms with Crippen molar-refractivity contribution < 1.29 is 1.43 Å². The van der Waals surface area contributed by atoms with Gasteiger partial charge in [0.1, 0.15) is 0 Å². The van der Waals surface area contributed by atoms with Gasteiger partial charge in [0, 0.05) is 20.7 Å². The van der Waals surface area contributed by atoms with Crippen molar-refractivity contribution in [2.24, 2.45) is 5.92 Å². The van der Waals surface area contributed by atoms with Gasteiger partial charge in [0.25, 0.3) is 0 Å². The number of rotatable bonds is 8. The van der Waals surface area contributed by atoms with Gasteiger partial charge < -0.3 is 10.2 Å². The van der Waals surface area contributed by atoms with Gasteiger partial charge in [-0.3, -0.25) is 0 Å². The van der Waals surface area contributed by atoms with Crippen molar-refractivity contribution in [3.05, 3.63) is 76.7 Å². The van der Waals surface area contributed by atoms with Crippen LogP contribution in [0.1, 0.15) is 54.5 Å². The molecule has 0 saturated heterocycles. The Morgan fingerprint density at radius 3 is 2.45 bits per heavy atom. The van der Waals surface area contributed by atoms with E-state index >= 15 is 0 Å². The van der Waals surface area contributed by atoms with Crippen LogP contribution in [0.15, 0.2) is 60.7 Å². The summed E-state index contributed by atoms with van der Waals surface area (Å²) in [5.41, 5.74) is 4.73. The molecule has 0 aromatic heterocycles. The standard InChI is InChI=1S/C18H21N.C9H19N.C2H6.H2/c1-5-15-11-14(3)18(19-4)12-17(15)10-13(2)16-8-6-7-9-16;1-5-7-10(4)8-9(3)6-2;1-2;/h5-6,8-12,19H,2,7H2,1,3-4H3;6,9H,2,5,7-8H2,1,3-4H3;1-2H3;1H/b15-5-,17-10-;;;/t;9-;;/m.1../s1. The summed E-state index contributed by atoms with van der Waals surface area (Å²) in [6.07, 6.45) is 15.1. The maximum Gasteiger partial charge on any atom is 0.0373 e. The molecule has 1 aromatic carbocycles. The van der Waals surface area contributed by atoms with Gasteiger partial charge in [-0.05, 0) is 91.6 Å². The molecule has 0 fully saturated rings. The molecule has 0 aliphatic heterocycles. The van der Waals surface area contributed by atoms with E-state index in [9.17, 15) is 0 Å². The molecule has 174 valence electrons. The predicted octanol–water partition coefficient (Wildman–Crippen LogP) is 6.48. The zero-order valence-electron chi connectivity index (χ0n) is 21.4. The lowest BCUT2D eigenvalue weighted by Gasteiger charge is -2.17. The van der Waals surface area contributed by atoms with E-state index in [1.54, 1.807) is 0 Å². The molecule has 0 heterocycles. The Morgan fingerprint density at radius 2 is 1.97 bits per heavy atom. The van der Waals surface area contributed by atoms with Crippen LogP contribution in [-0.4, -0.2) is 32.1 Å². The van der Waals surface area contributed by atoms with Crippen LogP contribution in [0, 0.1) is 12.8 Å². The first kappa shape index (κ1) is 28.7. The van der Waals surface area contributed by atoms with Gasteiger partial charge in [-0.2, -0.15) is 0 Å². The number of hydrogen-bond acceptors (Lipinski definition) is 2. The smallest absolute Gasteiger partial charge is 0.0373 e. The summed E-state index contributed by atoms with van der Waals surface area (Å²) in [6.45, 7) is 22.8. The highest BCUT2D eigenvalue weighted by atomic mass is 15.1. The Morgan fingerprint density at radius 1 is 1.29 bits per heavy atom. The number of benzene rings is 1. The maximum atomic E-state index is 4.18. The Labute approximate surface area is 193 Å². The predicted molar refractivity (Wildman–Crippen MR) is 146 cm³/mol. The molecule has 1 aliphatic carbocycles. The molecule has 1 atom stereocenters. The van der Waals surface area contributed by atoms with E-state index in [1.807, 2.05) is 27.0 Å². The van der Waals surface area contributed by atoms with Crippen LogP contribution in [-0.2, 0) is 0 Å². The zero-order valence-corrected chi connectivity index (χ0v) is 21.4. The third-order valence-electron chi connectivity index (χ3n) is 5.09. The highest BCUT2D eigenvalue weighted by Crippen LogP contribution is 2.17. The summed E-state index contributed by atoms with van der Waals surface area (Å²) in [5.74, 6) is 0.622. The number of aryl methyl sites for hydroxylation is 1. The molecule has 0 saturated carbocycles. The minimum Gasteiger partial charge on any atom is -0.388 e. The second kappa shape index (κ2) is 16.4. The zero-order chi connectivity index (χ0) is 23.8. The minimum absolute atomic E-state index is 0. The van der Waals surface area contributed by atoms with E-state index in [0.717, 1.165) is 18.5 Å². The summed E-state index contributed by atoms with van der Waals surface area (Å²) in [6, 6.07) is 4.40. The largest absolute Gasteiger partial charge is 0.388 e. The lowest BCUT2D eigenvalue weighted by Crippen LogP contribution is -2.25. The lowest BCUT2D eigenvalue weighted by atomic mass is 10.0.